The molecule has 0 bridgehead atoms. The van der Waals surface area contributed by atoms with Gasteiger partial charge in [0.2, 0.25) is 5.95 Å². The maximum Gasteiger partial charge on any atom is 0.286 e. The highest BCUT2D eigenvalue weighted by molar-refractivity contribution is 6.14. The number of rotatable bonds is 5. The molecule has 1 saturated heterocycles. The summed E-state index contributed by atoms with van der Waals surface area (Å²) in [6.45, 7) is 7.82. The molecule has 2 amide bonds. The van der Waals surface area contributed by atoms with Crippen molar-refractivity contribution in [3.8, 4) is 0 Å². The molecule has 35 heavy (non-hydrogen) atoms. The number of aromatic amines is 2. The summed E-state index contributed by atoms with van der Waals surface area (Å²) < 4.78 is 0. The first-order valence-corrected chi connectivity index (χ1v) is 11.5. The van der Waals surface area contributed by atoms with Crippen molar-refractivity contribution < 1.29 is 9.59 Å². The summed E-state index contributed by atoms with van der Waals surface area (Å²) in [6.07, 6.45) is 1.29. The lowest BCUT2D eigenvalue weighted by Crippen LogP contribution is -2.44. The van der Waals surface area contributed by atoms with Gasteiger partial charge in [-0.1, -0.05) is 17.7 Å². The number of hydrogen-bond donors (Lipinski definition) is 3. The minimum absolute atomic E-state index is 0.0433. The van der Waals surface area contributed by atoms with Gasteiger partial charge in [0.05, 0.1) is 23.0 Å². The van der Waals surface area contributed by atoms with E-state index < -0.39 is 11.8 Å². The van der Waals surface area contributed by atoms with E-state index in [0.29, 0.717) is 11.6 Å². The Morgan fingerprint density at radius 2 is 1.83 bits per heavy atom. The molecule has 10 nitrogen and oxygen atoms in total. The Kier molecular flexibility index (Phi) is 5.73. The van der Waals surface area contributed by atoms with Crippen molar-refractivity contribution in [2.75, 3.05) is 43.0 Å². The first-order valence-electron chi connectivity index (χ1n) is 11.5. The molecule has 10 heteroatoms. The number of carbonyl (C=O) groups excluding carboxylic acids is 2. The van der Waals surface area contributed by atoms with Gasteiger partial charge in [-0.3, -0.25) is 9.59 Å². The van der Waals surface area contributed by atoms with Gasteiger partial charge in [0.15, 0.2) is 5.69 Å². The van der Waals surface area contributed by atoms with Crippen LogP contribution in [0.1, 0.15) is 32.1 Å². The number of aromatic nitrogens is 4. The van der Waals surface area contributed by atoms with E-state index in [0.717, 1.165) is 54.0 Å². The minimum atomic E-state index is -0.757. The van der Waals surface area contributed by atoms with Crippen molar-refractivity contribution in [1.82, 2.24) is 24.8 Å². The molecule has 0 radical (unpaired) electrons. The second-order valence-corrected chi connectivity index (χ2v) is 8.97. The van der Waals surface area contributed by atoms with Crippen LogP contribution in [0.5, 0.6) is 0 Å². The number of primary amides is 1. The van der Waals surface area contributed by atoms with Gasteiger partial charge in [-0.2, -0.15) is 0 Å². The van der Waals surface area contributed by atoms with Gasteiger partial charge >= 0.3 is 0 Å². The summed E-state index contributed by atoms with van der Waals surface area (Å²) in [7, 11) is 2.13. The number of anilines is 3. The lowest BCUT2D eigenvalue weighted by Gasteiger charge is -2.34. The molecule has 5 rings (SSSR count). The number of fused-ring (bicyclic) bond motifs is 1. The number of nitrogens with one attached hydrogen (secondary N) is 2. The summed E-state index contributed by atoms with van der Waals surface area (Å²) in [4.78, 5) is 46.6. The van der Waals surface area contributed by atoms with Crippen LogP contribution in [-0.4, -0.2) is 69.9 Å². The number of H-pyrrole nitrogens is 2. The molecule has 0 atom stereocenters. The molecule has 180 valence electrons. The Balaban J connectivity index is 1.59. The van der Waals surface area contributed by atoms with Gasteiger partial charge in [-0.05, 0) is 50.7 Å². The zero-order valence-electron chi connectivity index (χ0n) is 20.0. The van der Waals surface area contributed by atoms with Crippen molar-refractivity contribution >= 4 is 40.2 Å². The van der Waals surface area contributed by atoms with E-state index in [-0.39, 0.29) is 11.4 Å². The molecule has 4 aromatic rings. The van der Waals surface area contributed by atoms with E-state index in [1.54, 1.807) is 0 Å². The predicted molar refractivity (Wildman–Crippen MR) is 135 cm³/mol. The topological polar surface area (TPSA) is 127 Å². The molecule has 0 saturated carbocycles. The zero-order valence-corrected chi connectivity index (χ0v) is 20.0. The van der Waals surface area contributed by atoms with Crippen LogP contribution in [0.15, 0.2) is 42.7 Å². The minimum Gasteiger partial charge on any atom is -0.369 e. The number of hydrogen-bond acceptors (Lipinski definition) is 6. The SMILES string of the molecule is Cc1ccc(N(C(=O)c2nc[nH]c2C(N)=O)c2nc3cc(N4CCN(C)CC4)ccc3[nH]2)c(C)c1. The summed E-state index contributed by atoms with van der Waals surface area (Å²) in [5, 5.41) is 0. The van der Waals surface area contributed by atoms with Crippen LogP contribution >= 0.6 is 0 Å². The number of piperazine rings is 1. The third-order valence-electron chi connectivity index (χ3n) is 6.42. The zero-order chi connectivity index (χ0) is 24.7. The number of carbonyl (C=O) groups is 2. The van der Waals surface area contributed by atoms with Gasteiger partial charge in [0.25, 0.3) is 11.8 Å². The second-order valence-electron chi connectivity index (χ2n) is 8.97. The lowest BCUT2D eigenvalue weighted by atomic mass is 10.1. The fraction of sp³-hybridized carbons (Fsp3) is 0.280. The molecular formula is C25H28N8O2. The molecule has 0 spiro atoms. The molecule has 2 aromatic carbocycles. The van der Waals surface area contributed by atoms with E-state index in [1.807, 2.05) is 44.2 Å². The normalized spacial score (nSPS) is 14.4. The molecule has 0 aliphatic carbocycles. The Hall–Kier alpha value is -4.18. The van der Waals surface area contributed by atoms with Gasteiger partial charge in [-0.15, -0.1) is 0 Å². The Bertz CT molecular complexity index is 1410. The third-order valence-corrected chi connectivity index (χ3v) is 6.42. The van der Waals surface area contributed by atoms with E-state index >= 15 is 0 Å². The standard InChI is InChI=1S/C25H28N8O2/c1-15-4-7-20(16(2)12-15)33(24(35)22-21(23(26)34)27-14-28-22)25-29-18-6-5-17(13-19(18)30-25)32-10-8-31(3)9-11-32/h4-7,12-14H,8-11H2,1-3H3,(H2,26,34)(H,27,28)(H,29,30). The third kappa shape index (κ3) is 4.24. The molecule has 1 aliphatic rings. The van der Waals surface area contributed by atoms with Crippen LogP contribution in [-0.2, 0) is 0 Å². The molecule has 1 aliphatic heterocycles. The number of imidazole rings is 2. The van der Waals surface area contributed by atoms with Crippen molar-refractivity contribution in [1.29, 1.82) is 0 Å². The fourth-order valence-electron chi connectivity index (χ4n) is 4.47. The number of amides is 2. The van der Waals surface area contributed by atoms with E-state index in [4.69, 9.17) is 10.7 Å². The van der Waals surface area contributed by atoms with Gasteiger partial charge in [0.1, 0.15) is 5.69 Å². The Labute approximate surface area is 202 Å². The number of nitrogens with two attached hydrogens (primary N) is 1. The van der Waals surface area contributed by atoms with Crippen LogP contribution in [0.2, 0.25) is 0 Å². The molecule has 2 aromatic heterocycles. The first-order chi connectivity index (χ1) is 16.8. The quantitative estimate of drug-likeness (QED) is 0.410. The van der Waals surface area contributed by atoms with Crippen molar-refractivity contribution in [3.05, 3.63) is 65.2 Å². The van der Waals surface area contributed by atoms with E-state index in [2.05, 4.69) is 37.9 Å². The summed E-state index contributed by atoms with van der Waals surface area (Å²) in [5.74, 6) is -0.927. The maximum atomic E-state index is 13.8. The lowest BCUT2D eigenvalue weighted by molar-refractivity contribution is 0.0961. The van der Waals surface area contributed by atoms with Crippen LogP contribution < -0.4 is 15.5 Å². The molecule has 4 N–H and O–H groups in total. The molecular weight excluding hydrogens is 444 g/mol. The van der Waals surface area contributed by atoms with Crippen molar-refractivity contribution in [2.45, 2.75) is 13.8 Å². The highest BCUT2D eigenvalue weighted by Crippen LogP contribution is 2.32. The van der Waals surface area contributed by atoms with Crippen molar-refractivity contribution in [3.63, 3.8) is 0 Å². The predicted octanol–water partition coefficient (Wildman–Crippen LogP) is 2.73. The van der Waals surface area contributed by atoms with Crippen molar-refractivity contribution in [2.24, 2.45) is 5.73 Å². The van der Waals surface area contributed by atoms with Gasteiger partial charge in [0, 0.05) is 31.9 Å². The molecule has 0 unspecified atom stereocenters. The average Bonchev–Trinajstić information content (AvgIpc) is 3.48. The summed E-state index contributed by atoms with van der Waals surface area (Å²) in [5.41, 5.74) is 10.6. The second kappa shape index (κ2) is 8.88. The maximum absolute atomic E-state index is 13.8. The van der Waals surface area contributed by atoms with Crippen LogP contribution in [0, 0.1) is 13.8 Å². The average molecular weight is 473 g/mol. The van der Waals surface area contributed by atoms with E-state index in [1.165, 1.54) is 11.2 Å². The van der Waals surface area contributed by atoms with Crippen LogP contribution in [0.3, 0.4) is 0 Å². The highest BCUT2D eigenvalue weighted by atomic mass is 16.2. The Morgan fingerprint density at radius 1 is 1.06 bits per heavy atom. The van der Waals surface area contributed by atoms with Gasteiger partial charge < -0.3 is 25.5 Å². The smallest absolute Gasteiger partial charge is 0.286 e. The number of likely N-dealkylation sites (N-methyl/N-ethyl adjacent to an activating group) is 1. The molecule has 1 fully saturated rings. The Morgan fingerprint density at radius 3 is 2.54 bits per heavy atom. The van der Waals surface area contributed by atoms with Crippen LogP contribution in [0.25, 0.3) is 11.0 Å². The number of aryl methyl sites for hydroxylation is 2. The fourth-order valence-corrected chi connectivity index (χ4v) is 4.47. The van der Waals surface area contributed by atoms with Gasteiger partial charge in [-0.25, -0.2) is 14.9 Å². The molecule has 3 heterocycles. The first kappa shape index (κ1) is 22.6. The summed E-state index contributed by atoms with van der Waals surface area (Å²) >= 11 is 0. The van der Waals surface area contributed by atoms with Crippen LogP contribution in [0.4, 0.5) is 17.3 Å². The summed E-state index contributed by atoms with van der Waals surface area (Å²) in [6, 6.07) is 11.9. The number of benzene rings is 2. The number of nitrogens with zero attached hydrogens (tertiary/aromatic N) is 5. The van der Waals surface area contributed by atoms with E-state index in [9.17, 15) is 9.59 Å². The highest BCUT2D eigenvalue weighted by Gasteiger charge is 2.29. The largest absolute Gasteiger partial charge is 0.369 e. The monoisotopic (exact) mass is 472 g/mol.